The largest absolute Gasteiger partial charge is 0.483 e. The number of nitrogens with zero attached hydrogens (tertiary/aromatic N) is 3. The summed E-state index contributed by atoms with van der Waals surface area (Å²) in [6.45, 7) is 7.07. The van der Waals surface area contributed by atoms with Gasteiger partial charge in [-0.05, 0) is 43.9 Å². The van der Waals surface area contributed by atoms with Crippen LogP contribution in [0.25, 0.3) is 11.1 Å². The highest BCUT2D eigenvalue weighted by atomic mass is 32.2. The van der Waals surface area contributed by atoms with Gasteiger partial charge in [0, 0.05) is 42.7 Å². The molecular weight excluding hydrogens is 558 g/mol. The number of anilines is 1. The molecule has 0 aliphatic heterocycles. The van der Waals surface area contributed by atoms with Crippen molar-refractivity contribution in [1.82, 2.24) is 19.6 Å². The molecule has 42 heavy (non-hydrogen) atoms. The van der Waals surface area contributed by atoms with Crippen molar-refractivity contribution in [3.05, 3.63) is 77.6 Å². The van der Waals surface area contributed by atoms with E-state index in [1.165, 1.54) is 22.5 Å². The van der Waals surface area contributed by atoms with Crippen molar-refractivity contribution in [2.45, 2.75) is 51.2 Å². The Morgan fingerprint density at radius 3 is 2.45 bits per heavy atom. The van der Waals surface area contributed by atoms with Gasteiger partial charge in [-0.2, -0.15) is 9.29 Å². The smallest absolute Gasteiger partial charge is 0.292 e. The first-order valence-electron chi connectivity index (χ1n) is 13.7. The molecule has 4 aromatic rings. The van der Waals surface area contributed by atoms with E-state index in [0.717, 1.165) is 16.7 Å². The van der Waals surface area contributed by atoms with E-state index in [-0.39, 0.29) is 48.5 Å². The van der Waals surface area contributed by atoms with Crippen molar-refractivity contribution >= 4 is 33.0 Å². The second-order valence-corrected chi connectivity index (χ2v) is 12.7. The van der Waals surface area contributed by atoms with Gasteiger partial charge >= 0.3 is 0 Å². The summed E-state index contributed by atoms with van der Waals surface area (Å²) in [7, 11) is -4.06. The minimum Gasteiger partial charge on any atom is -0.483 e. The summed E-state index contributed by atoms with van der Waals surface area (Å²) >= 11 is 0. The van der Waals surface area contributed by atoms with Gasteiger partial charge in [0.05, 0.1) is 17.0 Å². The zero-order valence-corrected chi connectivity index (χ0v) is 25.0. The molecule has 2 aromatic heterocycles. The summed E-state index contributed by atoms with van der Waals surface area (Å²) in [5.74, 6) is 0.0799. The Morgan fingerprint density at radius 1 is 1.10 bits per heavy atom. The maximum Gasteiger partial charge on any atom is 0.292 e. The van der Waals surface area contributed by atoms with Crippen LogP contribution in [-0.4, -0.2) is 65.5 Å². The molecule has 4 N–H and O–H groups in total. The number of pyridine rings is 1. The molecule has 12 heteroatoms. The number of benzene rings is 2. The average molecular weight is 596 g/mol. The molecule has 4 rings (SSSR count). The number of aromatic nitrogens is 2. The van der Waals surface area contributed by atoms with Gasteiger partial charge in [-0.15, -0.1) is 0 Å². The van der Waals surface area contributed by atoms with Crippen LogP contribution in [0.15, 0.2) is 70.2 Å². The molecule has 11 nitrogen and oxygen atoms in total. The van der Waals surface area contributed by atoms with Gasteiger partial charge in [0.25, 0.3) is 11.9 Å². The number of amides is 1. The van der Waals surface area contributed by atoms with E-state index in [4.69, 9.17) is 14.9 Å². The van der Waals surface area contributed by atoms with Gasteiger partial charge in [-0.25, -0.2) is 8.42 Å². The Kier molecular flexibility index (Phi) is 9.81. The van der Waals surface area contributed by atoms with Crippen molar-refractivity contribution in [1.29, 1.82) is 0 Å². The van der Waals surface area contributed by atoms with Crippen LogP contribution in [0.4, 0.5) is 6.01 Å². The van der Waals surface area contributed by atoms with E-state index in [0.29, 0.717) is 11.3 Å². The van der Waals surface area contributed by atoms with Crippen LogP contribution in [0.1, 0.15) is 30.5 Å². The number of oxazole rings is 1. The highest BCUT2D eigenvalue weighted by molar-refractivity contribution is 7.89. The number of hydrogen-bond acceptors (Lipinski definition) is 9. The molecular formula is C30H37N5O6S. The number of aliphatic hydroxyl groups is 1. The van der Waals surface area contributed by atoms with Gasteiger partial charge in [0.15, 0.2) is 12.2 Å². The molecule has 0 saturated carbocycles. The molecule has 1 amide bonds. The highest BCUT2D eigenvalue weighted by Gasteiger charge is 2.32. The van der Waals surface area contributed by atoms with Crippen LogP contribution in [0.5, 0.6) is 5.75 Å². The van der Waals surface area contributed by atoms with Gasteiger partial charge < -0.3 is 25.3 Å². The number of nitrogens with one attached hydrogen (secondary N) is 1. The zero-order valence-electron chi connectivity index (χ0n) is 24.1. The molecule has 224 valence electrons. The number of aryl methyl sites for hydroxylation is 2. The number of fused-ring (bicyclic) bond motifs is 1. The fourth-order valence-corrected chi connectivity index (χ4v) is 6.34. The number of nitrogens with two attached hydrogens (primary N) is 1. The third-order valence-electron chi connectivity index (χ3n) is 6.68. The molecule has 0 unspecified atom stereocenters. The Morgan fingerprint density at radius 2 is 1.79 bits per heavy atom. The second-order valence-electron chi connectivity index (χ2n) is 10.7. The minimum absolute atomic E-state index is 0.0147. The molecule has 0 spiro atoms. The number of sulfonamides is 1. The molecule has 2 aromatic carbocycles. The number of nitrogen functional groups attached to an aromatic ring is 1. The molecule has 0 fully saturated rings. The monoisotopic (exact) mass is 595 g/mol. The maximum absolute atomic E-state index is 13.8. The lowest BCUT2D eigenvalue weighted by atomic mass is 10.0. The van der Waals surface area contributed by atoms with Gasteiger partial charge in [-0.1, -0.05) is 44.2 Å². The molecule has 0 radical (unpaired) electrons. The van der Waals surface area contributed by atoms with Crippen LogP contribution < -0.4 is 15.8 Å². The van der Waals surface area contributed by atoms with Crippen LogP contribution in [0.2, 0.25) is 0 Å². The number of carbonyl (C=O) groups is 1. The number of carbonyl (C=O) groups excluding carboxylic acids is 1. The Balaban J connectivity index is 1.56. The summed E-state index contributed by atoms with van der Waals surface area (Å²) in [5, 5.41) is 14.3. The van der Waals surface area contributed by atoms with Crippen molar-refractivity contribution in [3.63, 3.8) is 0 Å². The van der Waals surface area contributed by atoms with Crippen LogP contribution in [-0.2, 0) is 21.2 Å². The van der Waals surface area contributed by atoms with Crippen molar-refractivity contribution in [2.75, 3.05) is 25.4 Å². The quantitative estimate of drug-likeness (QED) is 0.211. The molecule has 0 bridgehead atoms. The fourth-order valence-electron chi connectivity index (χ4n) is 4.70. The summed E-state index contributed by atoms with van der Waals surface area (Å²) < 4.78 is 39.9. The molecule has 2 heterocycles. The van der Waals surface area contributed by atoms with E-state index in [9.17, 15) is 18.3 Å². The maximum atomic E-state index is 13.8. The normalized spacial score (nSPS) is 13.4. The van der Waals surface area contributed by atoms with Crippen molar-refractivity contribution in [3.8, 4) is 5.75 Å². The van der Waals surface area contributed by atoms with E-state index < -0.39 is 28.1 Å². The molecule has 0 saturated heterocycles. The Bertz CT molecular complexity index is 1600. The zero-order chi connectivity index (χ0) is 30.4. The highest BCUT2D eigenvalue weighted by Crippen LogP contribution is 2.25. The third kappa shape index (κ3) is 7.64. The van der Waals surface area contributed by atoms with Crippen molar-refractivity contribution < 1.29 is 27.5 Å². The standard InChI is InChI=1S/C30H37N5O6S/c1-19(2)16-35(42(38,39)23-10-11-24-27(13-23)41-30(31)34-24)17-26(36)25(12-22-8-6-5-7-9-22)33-28(37)18-40-29-20(3)14-32-15-21(29)4/h5-11,13-15,19,25-26,36H,12,16-18H2,1-4H3,(H2,31,34)(H,33,37)/t25-,26+/m0/s1. The number of hydrogen-bond donors (Lipinski definition) is 3. The minimum atomic E-state index is -4.06. The fraction of sp³-hybridized carbons (Fsp3) is 0.367. The number of rotatable bonds is 13. The summed E-state index contributed by atoms with van der Waals surface area (Å²) in [4.78, 5) is 21.2. The Hall–Kier alpha value is -4.00. The van der Waals surface area contributed by atoms with E-state index in [1.54, 1.807) is 12.4 Å². The first kappa shape index (κ1) is 30.9. The summed E-state index contributed by atoms with van der Waals surface area (Å²) in [5.41, 5.74) is 8.77. The first-order chi connectivity index (χ1) is 19.9. The number of ether oxygens (including phenoxy) is 1. The average Bonchev–Trinajstić information content (AvgIpc) is 3.31. The predicted molar refractivity (Wildman–Crippen MR) is 159 cm³/mol. The molecule has 0 aliphatic carbocycles. The van der Waals surface area contributed by atoms with Gasteiger partial charge in [0.1, 0.15) is 11.3 Å². The molecule has 2 atom stereocenters. The summed E-state index contributed by atoms with van der Waals surface area (Å²) in [6.07, 6.45) is 2.35. The van der Waals surface area contributed by atoms with Crippen LogP contribution >= 0.6 is 0 Å². The topological polar surface area (TPSA) is 161 Å². The lowest BCUT2D eigenvalue weighted by Crippen LogP contribution is -2.52. The third-order valence-corrected chi connectivity index (χ3v) is 8.51. The number of aliphatic hydroxyl groups excluding tert-OH is 1. The van der Waals surface area contributed by atoms with E-state index >= 15 is 0 Å². The summed E-state index contributed by atoms with van der Waals surface area (Å²) in [6, 6.07) is 12.8. The second kappa shape index (κ2) is 13.3. The van der Waals surface area contributed by atoms with Gasteiger partial charge in [-0.3, -0.25) is 9.78 Å². The molecule has 0 aliphatic rings. The predicted octanol–water partition coefficient (Wildman–Crippen LogP) is 3.24. The lowest BCUT2D eigenvalue weighted by molar-refractivity contribution is -0.124. The Labute approximate surface area is 245 Å². The SMILES string of the molecule is Cc1cncc(C)c1OCC(=O)N[C@@H](Cc1ccccc1)[C@H](O)CN(CC(C)C)S(=O)(=O)c1ccc2nc(N)oc2c1. The van der Waals surface area contributed by atoms with Crippen LogP contribution in [0, 0.1) is 19.8 Å². The van der Waals surface area contributed by atoms with Gasteiger partial charge in [0.2, 0.25) is 10.0 Å². The lowest BCUT2D eigenvalue weighted by Gasteiger charge is -2.30. The van der Waals surface area contributed by atoms with E-state index in [1.807, 2.05) is 58.0 Å². The van der Waals surface area contributed by atoms with E-state index in [2.05, 4.69) is 15.3 Å². The van der Waals surface area contributed by atoms with Crippen LogP contribution in [0.3, 0.4) is 0 Å². The first-order valence-corrected chi connectivity index (χ1v) is 15.1. The van der Waals surface area contributed by atoms with Crippen molar-refractivity contribution in [2.24, 2.45) is 5.92 Å².